The summed E-state index contributed by atoms with van der Waals surface area (Å²) in [7, 11) is 0. The number of nitrogens with two attached hydrogens (primary N) is 1. The van der Waals surface area contributed by atoms with Gasteiger partial charge >= 0.3 is 0 Å². The molecular weight excluding hydrogens is 422 g/mol. The van der Waals surface area contributed by atoms with Crippen LogP contribution in [0.3, 0.4) is 0 Å². The maximum atomic E-state index is 12.3. The van der Waals surface area contributed by atoms with E-state index in [9.17, 15) is 14.4 Å². The number of benzene rings is 1. The van der Waals surface area contributed by atoms with Crippen molar-refractivity contribution in [2.45, 2.75) is 25.9 Å². The van der Waals surface area contributed by atoms with Crippen molar-refractivity contribution in [2.75, 3.05) is 22.1 Å². The van der Waals surface area contributed by atoms with Crippen LogP contribution in [0.4, 0.5) is 17.2 Å². The fraction of sp³-hybridized carbons (Fsp3) is 0.200. The van der Waals surface area contributed by atoms with E-state index < -0.39 is 11.5 Å². The fourth-order valence-electron chi connectivity index (χ4n) is 2.93. The number of H-pyrrole nitrogens is 1. The van der Waals surface area contributed by atoms with Crippen LogP contribution >= 0.6 is 23.1 Å². The third-order valence-corrected chi connectivity index (χ3v) is 5.93. The van der Waals surface area contributed by atoms with E-state index in [0.717, 1.165) is 34.1 Å². The molecular formula is C20H21N5O3S2. The summed E-state index contributed by atoms with van der Waals surface area (Å²) < 4.78 is 0. The number of thiophene rings is 1. The minimum atomic E-state index is -0.583. The summed E-state index contributed by atoms with van der Waals surface area (Å²) in [6, 6.07) is 7.37. The first kappa shape index (κ1) is 21.6. The number of carbonyl (C=O) groups is 2. The topological polar surface area (TPSA) is 130 Å². The fourth-order valence-corrected chi connectivity index (χ4v) is 4.21. The molecule has 2 heterocycles. The molecule has 30 heavy (non-hydrogen) atoms. The Morgan fingerprint density at radius 3 is 2.47 bits per heavy atom. The molecule has 0 saturated carbocycles. The van der Waals surface area contributed by atoms with E-state index in [1.807, 2.05) is 32.9 Å². The number of amides is 2. The number of nitrogen functional groups attached to an aromatic ring is 1. The van der Waals surface area contributed by atoms with Crippen LogP contribution in [-0.4, -0.2) is 27.5 Å². The second kappa shape index (κ2) is 9.14. The molecule has 0 aliphatic heterocycles. The van der Waals surface area contributed by atoms with Crippen LogP contribution < -0.4 is 21.9 Å². The predicted octanol–water partition coefficient (Wildman–Crippen LogP) is 3.32. The van der Waals surface area contributed by atoms with Crippen LogP contribution in [0.2, 0.25) is 0 Å². The van der Waals surface area contributed by atoms with Crippen molar-refractivity contribution >= 4 is 52.1 Å². The number of hydrogen-bond donors (Lipinski definition) is 4. The largest absolute Gasteiger partial charge is 0.382 e. The van der Waals surface area contributed by atoms with E-state index in [2.05, 4.69) is 20.6 Å². The molecule has 1 aromatic carbocycles. The van der Waals surface area contributed by atoms with Gasteiger partial charge in [0.05, 0.1) is 10.6 Å². The number of nitrogens with one attached hydrogen (secondary N) is 3. The summed E-state index contributed by atoms with van der Waals surface area (Å²) in [5, 5.41) is 7.31. The minimum absolute atomic E-state index is 0.0377. The second-order valence-electron chi connectivity index (χ2n) is 6.67. The molecule has 3 aromatic rings. The van der Waals surface area contributed by atoms with Gasteiger partial charge in [0.1, 0.15) is 0 Å². The van der Waals surface area contributed by atoms with Crippen LogP contribution in [-0.2, 0) is 4.79 Å². The number of hydrogen-bond acceptors (Lipinski definition) is 7. The van der Waals surface area contributed by atoms with Gasteiger partial charge in [0.2, 0.25) is 5.91 Å². The number of aromatic amines is 1. The standard InChI is InChI=1S/C20H21N5O3S2/c1-10-7-11(2)15(12(3)8-10)22-14(26)9-30-20-24-17(21)16(19(28)25-20)23-18(27)13-5-4-6-29-13/h4-8H,9H2,1-3H3,(H,22,26)(H,23,27)(H3,21,24,25,28). The number of thioether (sulfide) groups is 1. The van der Waals surface area contributed by atoms with E-state index in [0.29, 0.717) is 4.88 Å². The molecule has 2 amide bonds. The Morgan fingerprint density at radius 1 is 1.17 bits per heavy atom. The molecule has 0 spiro atoms. The van der Waals surface area contributed by atoms with Crippen LogP contribution in [0.25, 0.3) is 0 Å². The average Bonchev–Trinajstić information content (AvgIpc) is 3.20. The van der Waals surface area contributed by atoms with Crippen molar-refractivity contribution in [1.29, 1.82) is 0 Å². The molecule has 0 radical (unpaired) electrons. The normalized spacial score (nSPS) is 10.6. The molecule has 10 heteroatoms. The number of aromatic nitrogens is 2. The Labute approximate surface area is 181 Å². The van der Waals surface area contributed by atoms with Crippen molar-refractivity contribution in [2.24, 2.45) is 0 Å². The van der Waals surface area contributed by atoms with E-state index in [1.54, 1.807) is 17.5 Å². The summed E-state index contributed by atoms with van der Waals surface area (Å²) in [4.78, 5) is 43.9. The van der Waals surface area contributed by atoms with Gasteiger partial charge in [-0.25, -0.2) is 4.98 Å². The Hall–Kier alpha value is -3.11. The first-order valence-corrected chi connectivity index (χ1v) is 10.9. The SMILES string of the molecule is Cc1cc(C)c(NC(=O)CSc2nc(N)c(NC(=O)c3cccs3)c(=O)[nH]2)c(C)c1. The maximum Gasteiger partial charge on any atom is 0.277 e. The van der Waals surface area contributed by atoms with Gasteiger partial charge in [-0.15, -0.1) is 11.3 Å². The number of nitrogens with zero attached hydrogens (tertiary/aromatic N) is 1. The highest BCUT2D eigenvalue weighted by molar-refractivity contribution is 7.99. The molecule has 0 aliphatic rings. The lowest BCUT2D eigenvalue weighted by molar-refractivity contribution is -0.113. The molecule has 0 saturated heterocycles. The monoisotopic (exact) mass is 443 g/mol. The molecule has 0 bridgehead atoms. The van der Waals surface area contributed by atoms with Gasteiger partial charge in [-0.2, -0.15) is 0 Å². The summed E-state index contributed by atoms with van der Waals surface area (Å²) in [6.07, 6.45) is 0. The third-order valence-electron chi connectivity index (χ3n) is 4.19. The third kappa shape index (κ3) is 5.08. The Bertz CT molecular complexity index is 1130. The van der Waals surface area contributed by atoms with E-state index in [4.69, 9.17) is 5.73 Å². The summed E-state index contributed by atoms with van der Waals surface area (Å²) in [5.41, 5.74) is 9.01. The van der Waals surface area contributed by atoms with E-state index >= 15 is 0 Å². The van der Waals surface area contributed by atoms with Gasteiger partial charge in [0.15, 0.2) is 16.7 Å². The smallest absolute Gasteiger partial charge is 0.277 e. The highest BCUT2D eigenvalue weighted by atomic mass is 32.2. The molecule has 8 nitrogen and oxygen atoms in total. The average molecular weight is 444 g/mol. The van der Waals surface area contributed by atoms with Crippen molar-refractivity contribution in [1.82, 2.24) is 9.97 Å². The Kier molecular flexibility index (Phi) is 6.58. The van der Waals surface area contributed by atoms with Gasteiger partial charge in [0.25, 0.3) is 11.5 Å². The zero-order chi connectivity index (χ0) is 21.8. The summed E-state index contributed by atoms with van der Waals surface area (Å²) >= 11 is 2.29. The lowest BCUT2D eigenvalue weighted by atomic mass is 10.1. The van der Waals surface area contributed by atoms with Crippen LogP contribution in [0, 0.1) is 20.8 Å². The lowest BCUT2D eigenvalue weighted by Crippen LogP contribution is -2.23. The molecule has 156 valence electrons. The predicted molar refractivity (Wildman–Crippen MR) is 122 cm³/mol. The minimum Gasteiger partial charge on any atom is -0.382 e. The van der Waals surface area contributed by atoms with Crippen LogP contribution in [0.5, 0.6) is 0 Å². The van der Waals surface area contributed by atoms with Crippen LogP contribution in [0.1, 0.15) is 26.4 Å². The summed E-state index contributed by atoms with van der Waals surface area (Å²) in [6.45, 7) is 5.87. The highest BCUT2D eigenvalue weighted by Crippen LogP contribution is 2.23. The first-order valence-electron chi connectivity index (χ1n) is 8.99. The van der Waals surface area contributed by atoms with Crippen molar-refractivity contribution in [3.8, 4) is 0 Å². The first-order chi connectivity index (χ1) is 14.2. The summed E-state index contributed by atoms with van der Waals surface area (Å²) in [5.74, 6) is -0.744. The molecule has 0 aliphatic carbocycles. The molecule has 2 aromatic heterocycles. The molecule has 5 N–H and O–H groups in total. The van der Waals surface area contributed by atoms with Gasteiger partial charge in [-0.1, -0.05) is 35.5 Å². The zero-order valence-electron chi connectivity index (χ0n) is 16.7. The van der Waals surface area contributed by atoms with Crippen molar-refractivity contribution in [3.63, 3.8) is 0 Å². The number of rotatable bonds is 6. The van der Waals surface area contributed by atoms with Gasteiger partial charge < -0.3 is 16.4 Å². The Balaban J connectivity index is 1.65. The maximum absolute atomic E-state index is 12.3. The van der Waals surface area contributed by atoms with Crippen molar-refractivity contribution in [3.05, 3.63) is 61.6 Å². The van der Waals surface area contributed by atoms with Crippen molar-refractivity contribution < 1.29 is 9.59 Å². The number of carbonyl (C=O) groups excluding carboxylic acids is 2. The molecule has 3 rings (SSSR count). The van der Waals surface area contributed by atoms with E-state index in [-0.39, 0.29) is 28.3 Å². The van der Waals surface area contributed by atoms with E-state index in [1.165, 1.54) is 11.3 Å². The van der Waals surface area contributed by atoms with Crippen LogP contribution in [0.15, 0.2) is 39.6 Å². The number of anilines is 3. The highest BCUT2D eigenvalue weighted by Gasteiger charge is 2.16. The van der Waals surface area contributed by atoms with Gasteiger partial charge in [-0.05, 0) is 43.3 Å². The quantitative estimate of drug-likeness (QED) is 0.342. The molecule has 0 fully saturated rings. The number of aryl methyl sites for hydroxylation is 3. The van der Waals surface area contributed by atoms with Gasteiger partial charge in [0, 0.05) is 5.69 Å². The van der Waals surface area contributed by atoms with Gasteiger partial charge in [-0.3, -0.25) is 19.4 Å². The molecule has 0 unspecified atom stereocenters. The second-order valence-corrected chi connectivity index (χ2v) is 8.59. The zero-order valence-corrected chi connectivity index (χ0v) is 18.3. The Morgan fingerprint density at radius 2 is 1.87 bits per heavy atom. The molecule has 0 atom stereocenters. The lowest BCUT2D eigenvalue weighted by Gasteiger charge is -2.13.